The summed E-state index contributed by atoms with van der Waals surface area (Å²) in [7, 11) is 0. The van der Waals surface area contributed by atoms with Gasteiger partial charge in [-0.3, -0.25) is 10.2 Å². The maximum atomic E-state index is 10.3. The smallest absolute Gasteiger partial charge is 0.322 e. The summed E-state index contributed by atoms with van der Waals surface area (Å²) in [5.74, 6) is -0.808. The van der Waals surface area contributed by atoms with Crippen molar-refractivity contribution in [2.24, 2.45) is 0 Å². The molecule has 0 unspecified atom stereocenters. The van der Waals surface area contributed by atoms with Crippen LogP contribution in [0.1, 0.15) is 44.9 Å². The number of rotatable bonds is 3. The second-order valence-corrected chi connectivity index (χ2v) is 4.31. The van der Waals surface area contributed by atoms with Crippen LogP contribution in [0, 0.1) is 5.41 Å². The van der Waals surface area contributed by atoms with Gasteiger partial charge in [-0.05, 0) is 12.8 Å². The Balaban J connectivity index is 2.22. The first-order valence-corrected chi connectivity index (χ1v) is 5.99. The van der Waals surface area contributed by atoms with Crippen LogP contribution in [0.25, 0.3) is 0 Å². The van der Waals surface area contributed by atoms with Gasteiger partial charge < -0.3 is 15.7 Å². The van der Waals surface area contributed by atoms with Crippen molar-refractivity contribution in [2.75, 3.05) is 6.54 Å². The van der Waals surface area contributed by atoms with E-state index < -0.39 is 5.97 Å². The quantitative estimate of drug-likeness (QED) is 0.432. The van der Waals surface area contributed by atoms with Crippen LogP contribution in [-0.2, 0) is 4.79 Å². The number of hydrogen-bond acceptors (Lipinski definition) is 2. The lowest BCUT2D eigenvalue weighted by Crippen LogP contribution is -2.44. The normalized spacial score (nSPS) is 18.2. The topological polar surface area (TPSA) is 85.2 Å². The third-order valence-corrected chi connectivity index (χ3v) is 2.87. The van der Waals surface area contributed by atoms with E-state index in [-0.39, 0.29) is 12.5 Å². The molecule has 0 aromatic rings. The third-order valence-electron chi connectivity index (χ3n) is 2.87. The van der Waals surface area contributed by atoms with Crippen molar-refractivity contribution in [1.29, 1.82) is 5.41 Å². The number of hydrogen-bond donors (Lipinski definition) is 4. The van der Waals surface area contributed by atoms with Crippen LogP contribution in [0.15, 0.2) is 0 Å². The first-order chi connectivity index (χ1) is 7.68. The Labute approximate surface area is 96.1 Å². The summed E-state index contributed by atoms with van der Waals surface area (Å²) >= 11 is 0. The third kappa shape index (κ3) is 5.58. The zero-order valence-corrected chi connectivity index (χ0v) is 9.59. The minimum atomic E-state index is -0.941. The highest BCUT2D eigenvalue weighted by Gasteiger charge is 2.12. The first-order valence-electron chi connectivity index (χ1n) is 5.99. The lowest BCUT2D eigenvalue weighted by molar-refractivity contribution is -0.135. The molecule has 1 aliphatic rings. The molecule has 5 nitrogen and oxygen atoms in total. The Morgan fingerprint density at radius 3 is 2.31 bits per heavy atom. The highest BCUT2D eigenvalue weighted by atomic mass is 16.4. The van der Waals surface area contributed by atoms with Crippen molar-refractivity contribution in [2.45, 2.75) is 51.0 Å². The number of carboxylic acids is 1. The van der Waals surface area contributed by atoms with E-state index in [1.54, 1.807) is 0 Å². The molecule has 1 saturated carbocycles. The Hall–Kier alpha value is -1.26. The molecule has 0 aromatic heterocycles. The predicted molar refractivity (Wildman–Crippen MR) is 62.6 cm³/mol. The minimum Gasteiger partial charge on any atom is -0.480 e. The largest absolute Gasteiger partial charge is 0.480 e. The Bertz CT molecular complexity index is 235. The van der Waals surface area contributed by atoms with Gasteiger partial charge in [-0.15, -0.1) is 0 Å². The van der Waals surface area contributed by atoms with E-state index in [0.29, 0.717) is 6.04 Å². The SMILES string of the molecule is N=C(NCC(=O)O)NC1CCCCCCC1. The summed E-state index contributed by atoms with van der Waals surface area (Å²) in [6, 6.07) is 0.328. The molecule has 0 radical (unpaired) electrons. The molecule has 1 fully saturated rings. The Morgan fingerprint density at radius 1 is 1.19 bits per heavy atom. The molecule has 0 aliphatic heterocycles. The van der Waals surface area contributed by atoms with Crippen LogP contribution in [0.5, 0.6) is 0 Å². The van der Waals surface area contributed by atoms with E-state index in [2.05, 4.69) is 10.6 Å². The average molecular weight is 227 g/mol. The highest BCUT2D eigenvalue weighted by Crippen LogP contribution is 2.16. The van der Waals surface area contributed by atoms with Crippen molar-refractivity contribution >= 4 is 11.9 Å². The van der Waals surface area contributed by atoms with E-state index in [0.717, 1.165) is 12.8 Å². The monoisotopic (exact) mass is 227 g/mol. The van der Waals surface area contributed by atoms with E-state index in [9.17, 15) is 4.79 Å². The lowest BCUT2D eigenvalue weighted by Gasteiger charge is -2.22. The molecule has 5 heteroatoms. The Kier molecular flexibility index (Phi) is 5.67. The fourth-order valence-corrected chi connectivity index (χ4v) is 2.02. The molecule has 92 valence electrons. The summed E-state index contributed by atoms with van der Waals surface area (Å²) in [6.45, 7) is -0.196. The summed E-state index contributed by atoms with van der Waals surface area (Å²) in [6.07, 6.45) is 8.42. The van der Waals surface area contributed by atoms with Gasteiger partial charge in [0, 0.05) is 6.04 Å². The van der Waals surface area contributed by atoms with E-state index in [1.807, 2.05) is 0 Å². The van der Waals surface area contributed by atoms with Crippen LogP contribution in [0.3, 0.4) is 0 Å². The van der Waals surface area contributed by atoms with Crippen molar-refractivity contribution in [3.63, 3.8) is 0 Å². The second kappa shape index (κ2) is 7.09. The van der Waals surface area contributed by atoms with Gasteiger partial charge >= 0.3 is 5.97 Å². The summed E-state index contributed by atoms with van der Waals surface area (Å²) in [5.41, 5.74) is 0. The number of guanidine groups is 1. The molecular weight excluding hydrogens is 206 g/mol. The van der Waals surface area contributed by atoms with Gasteiger partial charge in [0.25, 0.3) is 0 Å². The van der Waals surface area contributed by atoms with Crippen LogP contribution in [0.4, 0.5) is 0 Å². The van der Waals surface area contributed by atoms with Gasteiger partial charge in [-0.2, -0.15) is 0 Å². The fraction of sp³-hybridized carbons (Fsp3) is 0.818. The van der Waals surface area contributed by atoms with Gasteiger partial charge in [0.1, 0.15) is 6.54 Å². The number of nitrogens with one attached hydrogen (secondary N) is 3. The van der Waals surface area contributed by atoms with Crippen LogP contribution in [0.2, 0.25) is 0 Å². The minimum absolute atomic E-state index is 0.132. The standard InChI is InChI=1S/C11H21N3O2/c12-11(13-8-10(15)16)14-9-6-4-2-1-3-5-7-9/h9H,1-8H2,(H,15,16)(H3,12,13,14). The molecule has 1 rings (SSSR count). The van der Waals surface area contributed by atoms with E-state index in [1.165, 1.54) is 32.1 Å². The molecule has 0 aromatic carbocycles. The van der Waals surface area contributed by atoms with Gasteiger partial charge in [-0.1, -0.05) is 32.1 Å². The number of carbonyl (C=O) groups is 1. The molecule has 4 N–H and O–H groups in total. The maximum Gasteiger partial charge on any atom is 0.322 e. The molecule has 0 bridgehead atoms. The maximum absolute atomic E-state index is 10.3. The molecule has 0 saturated heterocycles. The zero-order chi connectivity index (χ0) is 11.8. The van der Waals surface area contributed by atoms with Gasteiger partial charge in [0.2, 0.25) is 0 Å². The summed E-state index contributed by atoms with van der Waals surface area (Å²) < 4.78 is 0. The molecule has 1 aliphatic carbocycles. The summed E-state index contributed by atoms with van der Waals surface area (Å²) in [5, 5.41) is 21.6. The zero-order valence-electron chi connectivity index (χ0n) is 9.59. The fourth-order valence-electron chi connectivity index (χ4n) is 2.02. The van der Waals surface area contributed by atoms with E-state index >= 15 is 0 Å². The number of aliphatic carboxylic acids is 1. The number of carboxylic acid groups (broad SMARTS) is 1. The van der Waals surface area contributed by atoms with Crippen molar-refractivity contribution in [1.82, 2.24) is 10.6 Å². The molecule has 16 heavy (non-hydrogen) atoms. The first kappa shape index (κ1) is 12.8. The molecule has 0 atom stereocenters. The van der Waals surface area contributed by atoms with Crippen LogP contribution >= 0.6 is 0 Å². The summed E-state index contributed by atoms with van der Waals surface area (Å²) in [4.78, 5) is 10.3. The molecular formula is C11H21N3O2. The van der Waals surface area contributed by atoms with Gasteiger partial charge in [-0.25, -0.2) is 0 Å². The van der Waals surface area contributed by atoms with Crippen LogP contribution < -0.4 is 10.6 Å². The molecule has 0 heterocycles. The van der Waals surface area contributed by atoms with Gasteiger partial charge in [0.15, 0.2) is 5.96 Å². The lowest BCUT2D eigenvalue weighted by atomic mass is 9.97. The molecule has 0 amide bonds. The predicted octanol–water partition coefficient (Wildman–Crippen LogP) is 1.30. The highest BCUT2D eigenvalue weighted by molar-refractivity contribution is 5.81. The second-order valence-electron chi connectivity index (χ2n) is 4.31. The van der Waals surface area contributed by atoms with Crippen molar-refractivity contribution in [3.8, 4) is 0 Å². The molecule has 0 spiro atoms. The average Bonchev–Trinajstić information content (AvgIpc) is 2.19. The Morgan fingerprint density at radius 2 is 1.75 bits per heavy atom. The van der Waals surface area contributed by atoms with Crippen molar-refractivity contribution in [3.05, 3.63) is 0 Å². The van der Waals surface area contributed by atoms with E-state index in [4.69, 9.17) is 10.5 Å². The van der Waals surface area contributed by atoms with Crippen molar-refractivity contribution < 1.29 is 9.90 Å². The van der Waals surface area contributed by atoms with Crippen LogP contribution in [-0.4, -0.2) is 29.6 Å². The van der Waals surface area contributed by atoms with Gasteiger partial charge in [0.05, 0.1) is 0 Å².